The highest BCUT2D eigenvalue weighted by Gasteiger charge is 2.27. The molecule has 0 heterocycles. The van der Waals surface area contributed by atoms with Crippen molar-refractivity contribution in [2.75, 3.05) is 19.0 Å². The molecule has 0 aliphatic heterocycles. The highest BCUT2D eigenvalue weighted by molar-refractivity contribution is 5.91. The minimum atomic E-state index is -0.577. The molecule has 0 aromatic heterocycles. The summed E-state index contributed by atoms with van der Waals surface area (Å²) in [5.41, 5.74) is 0.0214. The summed E-state index contributed by atoms with van der Waals surface area (Å²) in [6.45, 7) is 3.78. The predicted octanol–water partition coefficient (Wildman–Crippen LogP) is 2.37. The van der Waals surface area contributed by atoms with Gasteiger partial charge in [0.2, 0.25) is 0 Å². The molecule has 5 nitrogen and oxygen atoms in total. The minimum absolute atomic E-state index is 0.0840. The number of hydrogen-bond donors (Lipinski definition) is 3. The van der Waals surface area contributed by atoms with Gasteiger partial charge in [0.05, 0.1) is 24.9 Å². The first kappa shape index (κ1) is 15.3. The van der Waals surface area contributed by atoms with Gasteiger partial charge < -0.3 is 20.5 Å². The Morgan fingerprint density at radius 1 is 1.32 bits per heavy atom. The zero-order valence-corrected chi connectivity index (χ0v) is 11.7. The van der Waals surface area contributed by atoms with E-state index in [9.17, 15) is 9.90 Å². The van der Waals surface area contributed by atoms with Gasteiger partial charge in [-0.15, -0.1) is 0 Å². The van der Waals surface area contributed by atoms with Gasteiger partial charge in [-0.2, -0.15) is 0 Å². The van der Waals surface area contributed by atoms with Crippen molar-refractivity contribution in [1.29, 1.82) is 0 Å². The smallest absolute Gasteiger partial charge is 0.319 e. The maximum absolute atomic E-state index is 12.0. The summed E-state index contributed by atoms with van der Waals surface area (Å²) in [7, 11) is 1.55. The molecular formula is C14H22N2O3. The number of hydrogen-bond acceptors (Lipinski definition) is 3. The summed E-state index contributed by atoms with van der Waals surface area (Å²) < 4.78 is 5.16. The maximum Gasteiger partial charge on any atom is 0.319 e. The maximum atomic E-state index is 12.0. The van der Waals surface area contributed by atoms with Crippen molar-refractivity contribution in [3.8, 4) is 5.75 Å². The Morgan fingerprint density at radius 2 is 1.95 bits per heavy atom. The predicted molar refractivity (Wildman–Crippen MR) is 75.5 cm³/mol. The number of rotatable bonds is 6. The molecule has 0 atom stereocenters. The van der Waals surface area contributed by atoms with Gasteiger partial charge in [-0.05, 0) is 25.0 Å². The molecular weight excluding hydrogens is 244 g/mol. The molecule has 3 N–H and O–H groups in total. The third-order valence-corrected chi connectivity index (χ3v) is 3.39. The van der Waals surface area contributed by atoms with E-state index in [2.05, 4.69) is 10.6 Å². The number of benzene rings is 1. The molecule has 0 unspecified atom stereocenters. The molecule has 0 bridgehead atoms. The Kier molecular flexibility index (Phi) is 5.63. The lowest BCUT2D eigenvalue weighted by atomic mass is 9.94. The number of amides is 2. The first-order valence-electron chi connectivity index (χ1n) is 6.43. The molecule has 0 saturated heterocycles. The number of anilines is 1. The molecule has 5 heteroatoms. The van der Waals surface area contributed by atoms with Crippen molar-refractivity contribution in [2.24, 2.45) is 0 Å². The zero-order chi connectivity index (χ0) is 14.3. The number of urea groups is 1. The van der Waals surface area contributed by atoms with E-state index in [0.29, 0.717) is 24.3 Å². The summed E-state index contributed by atoms with van der Waals surface area (Å²) >= 11 is 0. The summed E-state index contributed by atoms with van der Waals surface area (Å²) in [5.74, 6) is 0.597. The standard InChI is InChI=1S/C14H22N2O3/c1-4-14(5-2,10-17)16-13(18)15-11-8-6-7-9-12(11)19-3/h6-9,17H,4-5,10H2,1-3H3,(H2,15,16,18). The number of carbonyl (C=O) groups is 1. The van der Waals surface area contributed by atoms with Crippen LogP contribution in [-0.2, 0) is 0 Å². The molecule has 106 valence electrons. The van der Waals surface area contributed by atoms with Crippen LogP contribution in [0.1, 0.15) is 26.7 Å². The van der Waals surface area contributed by atoms with Crippen LogP contribution in [0.3, 0.4) is 0 Å². The molecule has 0 saturated carbocycles. The molecule has 0 aliphatic carbocycles. The third-order valence-electron chi connectivity index (χ3n) is 3.39. The van der Waals surface area contributed by atoms with Crippen molar-refractivity contribution in [3.63, 3.8) is 0 Å². The number of nitrogens with one attached hydrogen (secondary N) is 2. The molecule has 0 radical (unpaired) electrons. The second-order valence-electron chi connectivity index (χ2n) is 4.42. The van der Waals surface area contributed by atoms with Gasteiger partial charge in [0, 0.05) is 0 Å². The Hall–Kier alpha value is -1.75. The lowest BCUT2D eigenvalue weighted by Gasteiger charge is -2.30. The van der Waals surface area contributed by atoms with Crippen LogP contribution >= 0.6 is 0 Å². The fourth-order valence-electron chi connectivity index (χ4n) is 1.83. The summed E-state index contributed by atoms with van der Waals surface area (Å²) in [6, 6.07) is 6.84. The van der Waals surface area contributed by atoms with E-state index in [1.165, 1.54) is 0 Å². The Morgan fingerprint density at radius 3 is 2.47 bits per heavy atom. The van der Waals surface area contributed by atoms with Gasteiger partial charge in [0.1, 0.15) is 5.75 Å². The minimum Gasteiger partial charge on any atom is -0.495 e. The average molecular weight is 266 g/mol. The Labute approximate surface area is 114 Å². The molecule has 0 fully saturated rings. The van der Waals surface area contributed by atoms with Crippen LogP contribution in [0.2, 0.25) is 0 Å². The normalized spacial score (nSPS) is 10.9. The van der Waals surface area contributed by atoms with Crippen LogP contribution < -0.4 is 15.4 Å². The third kappa shape index (κ3) is 3.86. The summed E-state index contributed by atoms with van der Waals surface area (Å²) in [6.07, 6.45) is 1.33. The lowest BCUT2D eigenvalue weighted by Crippen LogP contribution is -2.52. The molecule has 19 heavy (non-hydrogen) atoms. The SMILES string of the molecule is CCC(CC)(CO)NC(=O)Nc1ccccc1OC. The van der Waals surface area contributed by atoms with E-state index in [0.717, 1.165) is 0 Å². The highest BCUT2D eigenvalue weighted by atomic mass is 16.5. The van der Waals surface area contributed by atoms with E-state index in [-0.39, 0.29) is 12.6 Å². The number of carbonyl (C=O) groups excluding carboxylic acids is 1. The van der Waals surface area contributed by atoms with E-state index in [1.807, 2.05) is 26.0 Å². The van der Waals surface area contributed by atoms with E-state index < -0.39 is 5.54 Å². The molecule has 1 aromatic carbocycles. The van der Waals surface area contributed by atoms with Gasteiger partial charge >= 0.3 is 6.03 Å². The number of aliphatic hydroxyl groups excluding tert-OH is 1. The largest absolute Gasteiger partial charge is 0.495 e. The number of methoxy groups -OCH3 is 1. The van der Waals surface area contributed by atoms with Crippen LogP contribution in [-0.4, -0.2) is 30.4 Å². The Bertz CT molecular complexity index is 409. The second-order valence-corrected chi connectivity index (χ2v) is 4.42. The zero-order valence-electron chi connectivity index (χ0n) is 11.7. The van der Waals surface area contributed by atoms with Crippen LogP contribution in [0.5, 0.6) is 5.75 Å². The van der Waals surface area contributed by atoms with E-state index in [4.69, 9.17) is 4.74 Å². The Balaban J connectivity index is 2.74. The molecule has 2 amide bonds. The number of aliphatic hydroxyl groups is 1. The summed E-state index contributed by atoms with van der Waals surface area (Å²) in [4.78, 5) is 12.0. The van der Waals surface area contributed by atoms with Gasteiger partial charge in [0.25, 0.3) is 0 Å². The number of para-hydroxylation sites is 2. The van der Waals surface area contributed by atoms with Crippen LogP contribution in [0.25, 0.3) is 0 Å². The van der Waals surface area contributed by atoms with Crippen LogP contribution in [0, 0.1) is 0 Å². The molecule has 0 aliphatic rings. The van der Waals surface area contributed by atoms with Gasteiger partial charge in [-0.3, -0.25) is 0 Å². The van der Waals surface area contributed by atoms with Crippen molar-refractivity contribution < 1.29 is 14.6 Å². The fourth-order valence-corrected chi connectivity index (χ4v) is 1.83. The van der Waals surface area contributed by atoms with Crippen molar-refractivity contribution in [3.05, 3.63) is 24.3 Å². The van der Waals surface area contributed by atoms with Gasteiger partial charge in [-0.1, -0.05) is 26.0 Å². The van der Waals surface area contributed by atoms with E-state index in [1.54, 1.807) is 19.2 Å². The quantitative estimate of drug-likeness (QED) is 0.740. The van der Waals surface area contributed by atoms with Gasteiger partial charge in [-0.25, -0.2) is 4.79 Å². The first-order valence-corrected chi connectivity index (χ1v) is 6.43. The fraction of sp³-hybridized carbons (Fsp3) is 0.500. The van der Waals surface area contributed by atoms with E-state index >= 15 is 0 Å². The lowest BCUT2D eigenvalue weighted by molar-refractivity contribution is 0.155. The molecule has 1 aromatic rings. The number of ether oxygens (including phenoxy) is 1. The highest BCUT2D eigenvalue weighted by Crippen LogP contribution is 2.23. The van der Waals surface area contributed by atoms with Gasteiger partial charge in [0.15, 0.2) is 0 Å². The second kappa shape index (κ2) is 6.99. The summed E-state index contributed by atoms with van der Waals surface area (Å²) in [5, 5.41) is 15.0. The van der Waals surface area contributed by atoms with Crippen molar-refractivity contribution in [2.45, 2.75) is 32.2 Å². The molecule has 1 rings (SSSR count). The topological polar surface area (TPSA) is 70.6 Å². The van der Waals surface area contributed by atoms with Crippen LogP contribution in [0.15, 0.2) is 24.3 Å². The van der Waals surface area contributed by atoms with Crippen molar-refractivity contribution >= 4 is 11.7 Å². The first-order chi connectivity index (χ1) is 9.10. The van der Waals surface area contributed by atoms with Crippen LogP contribution in [0.4, 0.5) is 10.5 Å². The molecule has 0 spiro atoms. The van der Waals surface area contributed by atoms with Crippen molar-refractivity contribution in [1.82, 2.24) is 5.32 Å². The monoisotopic (exact) mass is 266 g/mol. The average Bonchev–Trinajstić information content (AvgIpc) is 2.45.